The standard InChI is InChI=1S/C46H36N2O2/c1-3-7-31(8-4-1)40-20-35(21-41(48-40)32-9-5-2-6-10-32)33-11-13-37-38-14-12-34(23-43(38)50-42(37)22-33)36-15-16-39(44-45(36)49-27-47-44)46-24-28-17-29(25-46)19-30(18-28)26-46/h1-16,20-23,27-30H,17-19,24-26H2. The van der Waals surface area contributed by atoms with Gasteiger partial charge in [0, 0.05) is 27.5 Å². The summed E-state index contributed by atoms with van der Waals surface area (Å²) >= 11 is 0. The van der Waals surface area contributed by atoms with Gasteiger partial charge in [0.05, 0.1) is 11.4 Å². The minimum Gasteiger partial charge on any atom is -0.456 e. The third-order valence-electron chi connectivity index (χ3n) is 12.2. The largest absolute Gasteiger partial charge is 0.456 e. The summed E-state index contributed by atoms with van der Waals surface area (Å²) in [5.74, 6) is 2.65. The van der Waals surface area contributed by atoms with Crippen molar-refractivity contribution in [3.8, 4) is 44.8 Å². The molecule has 0 saturated heterocycles. The molecule has 0 amide bonds. The molecule has 0 atom stereocenters. The van der Waals surface area contributed by atoms with Gasteiger partial charge in [-0.3, -0.25) is 0 Å². The summed E-state index contributed by atoms with van der Waals surface area (Å²) in [7, 11) is 0. The molecule has 242 valence electrons. The van der Waals surface area contributed by atoms with Crippen LogP contribution in [-0.2, 0) is 5.41 Å². The van der Waals surface area contributed by atoms with Crippen LogP contribution in [-0.4, -0.2) is 9.97 Å². The lowest BCUT2D eigenvalue weighted by atomic mass is 9.48. The Labute approximate surface area is 290 Å². The van der Waals surface area contributed by atoms with Crippen LogP contribution in [0, 0.1) is 17.8 Å². The lowest BCUT2D eigenvalue weighted by molar-refractivity contribution is -0.00457. The minimum atomic E-state index is 0.265. The highest BCUT2D eigenvalue weighted by Crippen LogP contribution is 2.61. The number of hydrogen-bond donors (Lipinski definition) is 0. The average Bonchev–Trinajstić information content (AvgIpc) is 3.79. The molecule has 3 aromatic heterocycles. The van der Waals surface area contributed by atoms with Gasteiger partial charge in [0.1, 0.15) is 16.7 Å². The van der Waals surface area contributed by atoms with Crippen LogP contribution in [0.25, 0.3) is 77.8 Å². The summed E-state index contributed by atoms with van der Waals surface area (Å²) in [5.41, 5.74) is 13.8. The molecule has 0 spiro atoms. The van der Waals surface area contributed by atoms with Gasteiger partial charge in [-0.1, -0.05) is 84.9 Å². The van der Waals surface area contributed by atoms with Crippen molar-refractivity contribution in [1.29, 1.82) is 0 Å². The van der Waals surface area contributed by atoms with Crippen LogP contribution in [0.5, 0.6) is 0 Å². The smallest absolute Gasteiger partial charge is 0.182 e. The zero-order valence-electron chi connectivity index (χ0n) is 27.8. The summed E-state index contributed by atoms with van der Waals surface area (Å²) in [5, 5.41) is 2.22. The van der Waals surface area contributed by atoms with Crippen molar-refractivity contribution in [2.45, 2.75) is 43.9 Å². The van der Waals surface area contributed by atoms with Gasteiger partial charge in [0.25, 0.3) is 0 Å². The molecule has 4 heteroatoms. The third kappa shape index (κ3) is 4.44. The average molecular weight is 649 g/mol. The maximum Gasteiger partial charge on any atom is 0.182 e. The van der Waals surface area contributed by atoms with Crippen molar-refractivity contribution in [1.82, 2.24) is 9.97 Å². The molecule has 5 aromatic carbocycles. The fourth-order valence-electron chi connectivity index (χ4n) is 10.4. The van der Waals surface area contributed by atoms with Crippen LogP contribution in [0.2, 0.25) is 0 Å². The monoisotopic (exact) mass is 648 g/mol. The number of aromatic nitrogens is 2. The van der Waals surface area contributed by atoms with Crippen molar-refractivity contribution < 1.29 is 8.83 Å². The predicted molar refractivity (Wildman–Crippen MR) is 201 cm³/mol. The van der Waals surface area contributed by atoms with Crippen molar-refractivity contribution in [2.75, 3.05) is 0 Å². The quantitative estimate of drug-likeness (QED) is 0.186. The summed E-state index contributed by atoms with van der Waals surface area (Å²) < 4.78 is 12.8. The Hall–Kier alpha value is -5.48. The van der Waals surface area contributed by atoms with E-state index in [0.717, 1.165) is 95.6 Å². The molecule has 3 heterocycles. The minimum absolute atomic E-state index is 0.265. The lowest BCUT2D eigenvalue weighted by Gasteiger charge is -2.57. The molecule has 50 heavy (non-hydrogen) atoms. The van der Waals surface area contributed by atoms with E-state index in [1.54, 1.807) is 6.39 Å². The van der Waals surface area contributed by atoms with Crippen LogP contribution in [0.4, 0.5) is 0 Å². The van der Waals surface area contributed by atoms with Crippen molar-refractivity contribution >= 4 is 33.0 Å². The highest BCUT2D eigenvalue weighted by atomic mass is 16.3. The Kier molecular flexibility index (Phi) is 6.10. The molecule has 4 nitrogen and oxygen atoms in total. The van der Waals surface area contributed by atoms with Crippen molar-refractivity contribution in [3.05, 3.63) is 133 Å². The fourth-order valence-corrected chi connectivity index (χ4v) is 10.4. The van der Waals surface area contributed by atoms with Gasteiger partial charge in [-0.25, -0.2) is 9.97 Å². The molecule has 4 fully saturated rings. The molecule has 8 aromatic rings. The second kappa shape index (κ2) is 10.8. The first kappa shape index (κ1) is 28.4. The van der Waals surface area contributed by atoms with E-state index in [2.05, 4.69) is 109 Å². The molecular formula is C46H36N2O2. The second-order valence-corrected chi connectivity index (χ2v) is 15.3. The van der Waals surface area contributed by atoms with Crippen molar-refractivity contribution in [3.63, 3.8) is 0 Å². The van der Waals surface area contributed by atoms with Gasteiger partial charge in [-0.2, -0.15) is 0 Å². The molecule has 0 N–H and O–H groups in total. The zero-order valence-corrected chi connectivity index (χ0v) is 27.8. The fraction of sp³-hybridized carbons (Fsp3) is 0.217. The number of fused-ring (bicyclic) bond motifs is 4. The maximum atomic E-state index is 6.63. The first-order valence-electron chi connectivity index (χ1n) is 18.1. The molecule has 4 aliphatic carbocycles. The lowest BCUT2D eigenvalue weighted by Crippen LogP contribution is -2.48. The van der Waals surface area contributed by atoms with Gasteiger partial charge in [0.15, 0.2) is 12.0 Å². The summed E-state index contributed by atoms with van der Waals surface area (Å²) in [6.45, 7) is 0. The van der Waals surface area contributed by atoms with E-state index >= 15 is 0 Å². The van der Waals surface area contributed by atoms with Crippen molar-refractivity contribution in [2.24, 2.45) is 17.8 Å². The van der Waals surface area contributed by atoms with Crippen LogP contribution in [0.3, 0.4) is 0 Å². The Bertz CT molecular complexity index is 2490. The van der Waals surface area contributed by atoms with Crippen LogP contribution >= 0.6 is 0 Å². The Morgan fingerprint density at radius 2 is 1.12 bits per heavy atom. The summed E-state index contributed by atoms with van der Waals surface area (Å²) in [6, 6.07) is 42.9. The summed E-state index contributed by atoms with van der Waals surface area (Å²) in [6.07, 6.45) is 9.89. The van der Waals surface area contributed by atoms with Crippen LogP contribution in [0.15, 0.2) is 137 Å². The predicted octanol–water partition coefficient (Wildman–Crippen LogP) is 12.3. The molecule has 4 saturated carbocycles. The number of hydrogen-bond acceptors (Lipinski definition) is 4. The van der Waals surface area contributed by atoms with E-state index in [9.17, 15) is 0 Å². The van der Waals surface area contributed by atoms with E-state index in [1.807, 2.05) is 12.1 Å². The number of rotatable bonds is 5. The van der Waals surface area contributed by atoms with Gasteiger partial charge in [-0.05, 0) is 120 Å². The highest BCUT2D eigenvalue weighted by Gasteiger charge is 2.52. The Morgan fingerprint density at radius 1 is 0.540 bits per heavy atom. The van der Waals surface area contributed by atoms with Gasteiger partial charge in [0.2, 0.25) is 0 Å². The highest BCUT2D eigenvalue weighted by molar-refractivity contribution is 6.07. The van der Waals surface area contributed by atoms with Crippen LogP contribution < -0.4 is 0 Å². The topological polar surface area (TPSA) is 52.1 Å². The Morgan fingerprint density at radius 3 is 1.74 bits per heavy atom. The van der Waals surface area contributed by atoms with Gasteiger partial charge in [-0.15, -0.1) is 0 Å². The zero-order chi connectivity index (χ0) is 32.8. The third-order valence-corrected chi connectivity index (χ3v) is 12.2. The first-order valence-corrected chi connectivity index (χ1v) is 18.1. The number of benzene rings is 5. The Balaban J connectivity index is 0.988. The summed E-state index contributed by atoms with van der Waals surface area (Å²) in [4.78, 5) is 9.92. The second-order valence-electron chi connectivity index (χ2n) is 15.3. The maximum absolute atomic E-state index is 6.63. The number of nitrogens with zero attached hydrogens (tertiary/aromatic N) is 2. The molecule has 4 aliphatic rings. The molecule has 0 aliphatic heterocycles. The normalized spacial score (nSPS) is 22.6. The van der Waals surface area contributed by atoms with E-state index in [-0.39, 0.29) is 5.41 Å². The van der Waals surface area contributed by atoms with Crippen LogP contribution in [0.1, 0.15) is 44.1 Å². The number of oxazole rings is 1. The molecule has 4 bridgehead atoms. The van der Waals surface area contributed by atoms with E-state index in [4.69, 9.17) is 18.8 Å². The molecule has 0 radical (unpaired) electrons. The molecule has 12 rings (SSSR count). The molecule has 0 unspecified atom stereocenters. The van der Waals surface area contributed by atoms with Gasteiger partial charge >= 0.3 is 0 Å². The van der Waals surface area contributed by atoms with E-state index < -0.39 is 0 Å². The molecular weight excluding hydrogens is 613 g/mol. The number of pyridine rings is 1. The number of furan rings is 1. The van der Waals surface area contributed by atoms with E-state index in [0.29, 0.717) is 0 Å². The SMILES string of the molecule is c1ccc(-c2cc(-c3ccc4c(c3)oc3cc(-c5ccc(C67CC8CC(CC(C8)C6)C7)c6ncoc56)ccc34)cc(-c3ccccc3)n2)cc1. The van der Waals surface area contributed by atoms with E-state index in [1.165, 1.54) is 44.1 Å². The van der Waals surface area contributed by atoms with Gasteiger partial charge < -0.3 is 8.83 Å². The first-order chi connectivity index (χ1) is 24.7.